The summed E-state index contributed by atoms with van der Waals surface area (Å²) < 4.78 is 5.81. The number of nitrogens with one attached hydrogen (secondary N) is 1. The number of hydrogen-bond acceptors (Lipinski definition) is 2. The van der Waals surface area contributed by atoms with Gasteiger partial charge in [0.05, 0.1) is 6.61 Å². The van der Waals surface area contributed by atoms with E-state index in [2.05, 4.69) is 74.6 Å². The van der Waals surface area contributed by atoms with E-state index in [1.807, 2.05) is 0 Å². The summed E-state index contributed by atoms with van der Waals surface area (Å²) in [7, 11) is 0. The molecule has 0 heterocycles. The van der Waals surface area contributed by atoms with Crippen molar-refractivity contribution in [2.24, 2.45) is 0 Å². The lowest BCUT2D eigenvalue weighted by Gasteiger charge is -2.15. The summed E-state index contributed by atoms with van der Waals surface area (Å²) in [5, 5.41) is 3.58. The zero-order chi connectivity index (χ0) is 17.2. The summed E-state index contributed by atoms with van der Waals surface area (Å²) >= 11 is 0. The lowest BCUT2D eigenvalue weighted by molar-refractivity contribution is 0.305. The van der Waals surface area contributed by atoms with E-state index in [0.717, 1.165) is 25.3 Å². The van der Waals surface area contributed by atoms with E-state index in [0.29, 0.717) is 6.04 Å². The van der Waals surface area contributed by atoms with E-state index < -0.39 is 0 Å². The van der Waals surface area contributed by atoms with Crippen molar-refractivity contribution in [3.8, 4) is 5.75 Å². The van der Waals surface area contributed by atoms with Gasteiger partial charge in [0.15, 0.2) is 0 Å². The zero-order valence-electron chi connectivity index (χ0n) is 15.3. The molecule has 24 heavy (non-hydrogen) atoms. The van der Waals surface area contributed by atoms with Gasteiger partial charge in [-0.15, -0.1) is 0 Å². The van der Waals surface area contributed by atoms with Gasteiger partial charge >= 0.3 is 0 Å². The Bertz CT molecular complexity index is 574. The highest BCUT2D eigenvalue weighted by Gasteiger charge is 2.05. The fourth-order valence-corrected chi connectivity index (χ4v) is 2.67. The molecular weight excluding hydrogens is 294 g/mol. The molecule has 0 spiro atoms. The van der Waals surface area contributed by atoms with Crippen LogP contribution in [-0.2, 0) is 6.54 Å². The lowest BCUT2D eigenvalue weighted by atomic mass is 10.1. The molecular formula is C22H31NO. The molecule has 0 amide bonds. The number of benzene rings is 2. The van der Waals surface area contributed by atoms with Crippen molar-refractivity contribution in [1.29, 1.82) is 0 Å². The Labute approximate surface area is 147 Å². The van der Waals surface area contributed by atoms with E-state index in [1.165, 1.54) is 36.0 Å². The van der Waals surface area contributed by atoms with Crippen LogP contribution < -0.4 is 10.1 Å². The molecule has 1 unspecified atom stereocenters. The van der Waals surface area contributed by atoms with Crippen molar-refractivity contribution in [1.82, 2.24) is 5.32 Å². The van der Waals surface area contributed by atoms with Gasteiger partial charge in [0.2, 0.25) is 0 Å². The van der Waals surface area contributed by atoms with Crippen molar-refractivity contribution in [3.05, 3.63) is 65.2 Å². The molecule has 2 rings (SSSR count). The molecule has 0 saturated heterocycles. The molecule has 0 aliphatic rings. The van der Waals surface area contributed by atoms with Gasteiger partial charge in [0, 0.05) is 12.6 Å². The molecule has 1 N–H and O–H groups in total. The Morgan fingerprint density at radius 3 is 2.29 bits per heavy atom. The highest BCUT2D eigenvalue weighted by Crippen LogP contribution is 2.18. The molecule has 1 atom stereocenters. The Kier molecular flexibility index (Phi) is 7.84. The molecule has 2 aromatic rings. The first kappa shape index (κ1) is 18.5. The minimum absolute atomic E-state index is 0.324. The number of unbranched alkanes of at least 4 members (excludes halogenated alkanes) is 3. The monoisotopic (exact) mass is 325 g/mol. The van der Waals surface area contributed by atoms with Crippen LogP contribution in [0, 0.1) is 6.92 Å². The quantitative estimate of drug-likeness (QED) is 0.557. The first-order valence-electron chi connectivity index (χ1n) is 9.20. The maximum Gasteiger partial charge on any atom is 0.119 e. The molecule has 0 radical (unpaired) electrons. The van der Waals surface area contributed by atoms with Gasteiger partial charge in [-0.2, -0.15) is 0 Å². The molecule has 0 fully saturated rings. The average Bonchev–Trinajstić information content (AvgIpc) is 2.61. The van der Waals surface area contributed by atoms with Crippen LogP contribution in [0.25, 0.3) is 0 Å². The predicted molar refractivity (Wildman–Crippen MR) is 103 cm³/mol. The second-order valence-corrected chi connectivity index (χ2v) is 6.57. The second-order valence-electron chi connectivity index (χ2n) is 6.57. The van der Waals surface area contributed by atoms with E-state index in [9.17, 15) is 0 Å². The Morgan fingerprint density at radius 1 is 0.917 bits per heavy atom. The fraction of sp³-hybridized carbons (Fsp3) is 0.455. The molecule has 0 saturated carbocycles. The SMILES string of the molecule is CCCCCCOc1ccc(C(C)NCc2ccc(C)cc2)cc1. The van der Waals surface area contributed by atoms with Gasteiger partial charge in [-0.1, -0.05) is 68.1 Å². The maximum atomic E-state index is 5.81. The van der Waals surface area contributed by atoms with Gasteiger partial charge in [-0.3, -0.25) is 0 Å². The van der Waals surface area contributed by atoms with Crippen LogP contribution in [-0.4, -0.2) is 6.61 Å². The third kappa shape index (κ3) is 6.37. The van der Waals surface area contributed by atoms with Gasteiger partial charge in [0.1, 0.15) is 5.75 Å². The number of rotatable bonds is 10. The van der Waals surface area contributed by atoms with Gasteiger partial charge in [0.25, 0.3) is 0 Å². The largest absolute Gasteiger partial charge is 0.494 e. The second kappa shape index (κ2) is 10.1. The number of ether oxygens (including phenoxy) is 1. The van der Waals surface area contributed by atoms with Crippen molar-refractivity contribution in [2.75, 3.05) is 6.61 Å². The van der Waals surface area contributed by atoms with Crippen LogP contribution in [0.4, 0.5) is 0 Å². The molecule has 2 heteroatoms. The van der Waals surface area contributed by atoms with Crippen LogP contribution in [0.3, 0.4) is 0 Å². The molecule has 0 aromatic heterocycles. The van der Waals surface area contributed by atoms with Gasteiger partial charge in [-0.25, -0.2) is 0 Å². The number of hydrogen-bond donors (Lipinski definition) is 1. The van der Waals surface area contributed by atoms with E-state index in [1.54, 1.807) is 0 Å². The molecule has 0 aliphatic carbocycles. The molecule has 0 aliphatic heterocycles. The summed E-state index contributed by atoms with van der Waals surface area (Å²) in [6.45, 7) is 8.26. The number of aryl methyl sites for hydroxylation is 1. The molecule has 0 bridgehead atoms. The first-order chi connectivity index (χ1) is 11.7. The first-order valence-corrected chi connectivity index (χ1v) is 9.20. The van der Waals surface area contributed by atoms with Crippen LogP contribution in [0.5, 0.6) is 5.75 Å². The third-order valence-electron chi connectivity index (χ3n) is 4.38. The van der Waals surface area contributed by atoms with E-state index >= 15 is 0 Å². The molecule has 2 aromatic carbocycles. The molecule has 2 nitrogen and oxygen atoms in total. The van der Waals surface area contributed by atoms with Crippen molar-refractivity contribution < 1.29 is 4.74 Å². The van der Waals surface area contributed by atoms with Crippen molar-refractivity contribution >= 4 is 0 Å². The Hall–Kier alpha value is -1.80. The van der Waals surface area contributed by atoms with Gasteiger partial charge < -0.3 is 10.1 Å². The van der Waals surface area contributed by atoms with Crippen LogP contribution in [0.1, 0.15) is 62.3 Å². The highest BCUT2D eigenvalue weighted by atomic mass is 16.5. The summed E-state index contributed by atoms with van der Waals surface area (Å²) in [5.41, 5.74) is 3.91. The maximum absolute atomic E-state index is 5.81. The Morgan fingerprint density at radius 2 is 1.62 bits per heavy atom. The average molecular weight is 325 g/mol. The van der Waals surface area contributed by atoms with Crippen LogP contribution in [0.15, 0.2) is 48.5 Å². The standard InChI is InChI=1S/C22H31NO/c1-4-5-6-7-16-24-22-14-12-21(13-15-22)19(3)23-17-20-10-8-18(2)9-11-20/h8-15,19,23H,4-7,16-17H2,1-3H3. The topological polar surface area (TPSA) is 21.3 Å². The Balaban J connectivity index is 1.76. The highest BCUT2D eigenvalue weighted by molar-refractivity contribution is 5.29. The normalized spacial score (nSPS) is 12.1. The minimum atomic E-state index is 0.324. The van der Waals surface area contributed by atoms with Crippen molar-refractivity contribution in [3.63, 3.8) is 0 Å². The zero-order valence-corrected chi connectivity index (χ0v) is 15.3. The third-order valence-corrected chi connectivity index (χ3v) is 4.38. The predicted octanol–water partition coefficient (Wildman–Crippen LogP) is 5.80. The van der Waals surface area contributed by atoms with Crippen molar-refractivity contribution in [2.45, 2.75) is 59.0 Å². The van der Waals surface area contributed by atoms with Crippen LogP contribution in [0.2, 0.25) is 0 Å². The van der Waals surface area contributed by atoms with E-state index in [-0.39, 0.29) is 0 Å². The minimum Gasteiger partial charge on any atom is -0.494 e. The van der Waals surface area contributed by atoms with Crippen LogP contribution >= 0.6 is 0 Å². The summed E-state index contributed by atoms with van der Waals surface area (Å²) in [6.07, 6.45) is 4.97. The fourth-order valence-electron chi connectivity index (χ4n) is 2.67. The summed E-state index contributed by atoms with van der Waals surface area (Å²) in [6, 6.07) is 17.5. The lowest BCUT2D eigenvalue weighted by Crippen LogP contribution is -2.18. The molecule has 130 valence electrons. The van der Waals surface area contributed by atoms with Gasteiger partial charge in [-0.05, 0) is 43.5 Å². The smallest absolute Gasteiger partial charge is 0.119 e. The van der Waals surface area contributed by atoms with E-state index in [4.69, 9.17) is 4.74 Å². The summed E-state index contributed by atoms with van der Waals surface area (Å²) in [5.74, 6) is 0.973. The summed E-state index contributed by atoms with van der Waals surface area (Å²) in [4.78, 5) is 0.